The van der Waals surface area contributed by atoms with Gasteiger partial charge in [0, 0.05) is 6.61 Å². The van der Waals surface area contributed by atoms with Gasteiger partial charge in [0.2, 0.25) is 5.91 Å². The fraction of sp³-hybridized carbons (Fsp3) is 0.706. The van der Waals surface area contributed by atoms with Crippen molar-refractivity contribution in [3.05, 3.63) is 11.6 Å². The Balaban J connectivity index is 1.92. The molecule has 2 atom stereocenters. The van der Waals surface area contributed by atoms with E-state index in [1.165, 1.54) is 10.5 Å². The number of carbonyl (C=O) groups is 3. The highest BCUT2D eigenvalue weighted by Gasteiger charge is 2.46. The molecule has 0 radical (unpaired) electrons. The lowest BCUT2D eigenvalue weighted by molar-refractivity contribution is -0.129. The van der Waals surface area contributed by atoms with Crippen LogP contribution in [0.1, 0.15) is 34.1 Å². The standard InChI is InChI=1S/C17H27N3O5/c1-11(2)5-8-25-13-6-7-24-10-12(13)18-14(21)9-20-16(23)19-15(22)17(20,3)4/h5,12-13H,6-10H2,1-4H3,(H,18,21)(H,19,22,23)/t12-,13+/m1/s1. The molecule has 8 heteroatoms. The molecule has 0 aromatic carbocycles. The normalized spacial score (nSPS) is 25.5. The largest absolute Gasteiger partial charge is 0.379 e. The minimum absolute atomic E-state index is 0.143. The zero-order valence-corrected chi connectivity index (χ0v) is 15.3. The minimum atomic E-state index is -1.04. The van der Waals surface area contributed by atoms with Gasteiger partial charge in [-0.25, -0.2) is 4.79 Å². The summed E-state index contributed by atoms with van der Waals surface area (Å²) < 4.78 is 11.3. The zero-order chi connectivity index (χ0) is 18.6. The fourth-order valence-corrected chi connectivity index (χ4v) is 2.75. The molecule has 0 unspecified atom stereocenters. The highest BCUT2D eigenvalue weighted by Crippen LogP contribution is 2.20. The van der Waals surface area contributed by atoms with E-state index in [1.54, 1.807) is 13.8 Å². The number of nitrogens with zero attached hydrogens (tertiary/aromatic N) is 1. The maximum absolute atomic E-state index is 12.4. The second kappa shape index (κ2) is 7.97. The number of hydrogen-bond acceptors (Lipinski definition) is 5. The van der Waals surface area contributed by atoms with E-state index in [1.807, 2.05) is 19.9 Å². The lowest BCUT2D eigenvalue weighted by atomic mass is 10.0. The Morgan fingerprint density at radius 2 is 2.16 bits per heavy atom. The number of imide groups is 1. The molecule has 2 aliphatic rings. The van der Waals surface area contributed by atoms with Crippen LogP contribution in [0.5, 0.6) is 0 Å². The number of carbonyl (C=O) groups excluding carboxylic acids is 3. The van der Waals surface area contributed by atoms with Gasteiger partial charge in [0.05, 0.1) is 25.4 Å². The van der Waals surface area contributed by atoms with Gasteiger partial charge in [0.15, 0.2) is 0 Å². The Labute approximate surface area is 147 Å². The molecule has 0 saturated carbocycles. The van der Waals surface area contributed by atoms with Crippen LogP contribution in [0.15, 0.2) is 11.6 Å². The second-order valence-electron chi connectivity index (χ2n) is 7.10. The second-order valence-corrected chi connectivity index (χ2v) is 7.10. The van der Waals surface area contributed by atoms with Crippen molar-refractivity contribution >= 4 is 17.8 Å². The molecule has 4 amide bonds. The van der Waals surface area contributed by atoms with Crippen LogP contribution in [0.25, 0.3) is 0 Å². The Kier molecular flexibility index (Phi) is 6.18. The van der Waals surface area contributed by atoms with Crippen LogP contribution in [0.3, 0.4) is 0 Å². The molecule has 0 aromatic rings. The van der Waals surface area contributed by atoms with Crippen molar-refractivity contribution in [2.75, 3.05) is 26.4 Å². The number of allylic oxidation sites excluding steroid dienone is 1. The predicted molar refractivity (Wildman–Crippen MR) is 90.9 cm³/mol. The van der Waals surface area contributed by atoms with Crippen molar-refractivity contribution in [2.24, 2.45) is 0 Å². The molecule has 2 N–H and O–H groups in total. The third-order valence-corrected chi connectivity index (χ3v) is 4.44. The van der Waals surface area contributed by atoms with E-state index in [0.717, 1.165) is 0 Å². The first-order chi connectivity index (χ1) is 11.7. The average Bonchev–Trinajstić information content (AvgIpc) is 2.71. The molecular formula is C17H27N3O5. The van der Waals surface area contributed by atoms with Crippen molar-refractivity contribution < 1.29 is 23.9 Å². The van der Waals surface area contributed by atoms with Crippen LogP contribution in [0, 0.1) is 0 Å². The topological polar surface area (TPSA) is 97.0 Å². The highest BCUT2D eigenvalue weighted by molar-refractivity contribution is 6.07. The highest BCUT2D eigenvalue weighted by atomic mass is 16.5. The number of amides is 4. The molecule has 0 bridgehead atoms. The van der Waals surface area contributed by atoms with E-state index in [-0.39, 0.29) is 24.6 Å². The third kappa shape index (κ3) is 4.79. The smallest absolute Gasteiger partial charge is 0.325 e. The summed E-state index contributed by atoms with van der Waals surface area (Å²) in [5, 5.41) is 5.09. The van der Waals surface area contributed by atoms with E-state index < -0.39 is 17.5 Å². The average molecular weight is 353 g/mol. The van der Waals surface area contributed by atoms with Crippen molar-refractivity contribution in [3.8, 4) is 0 Å². The Bertz CT molecular complexity index is 569. The quantitative estimate of drug-likeness (QED) is 0.538. The summed E-state index contributed by atoms with van der Waals surface area (Å²) >= 11 is 0. The molecule has 2 heterocycles. The van der Waals surface area contributed by atoms with E-state index in [9.17, 15) is 14.4 Å². The van der Waals surface area contributed by atoms with Crippen LogP contribution < -0.4 is 10.6 Å². The number of rotatable bonds is 6. The van der Waals surface area contributed by atoms with Crippen LogP contribution in [-0.4, -0.2) is 66.8 Å². The first-order valence-electron chi connectivity index (χ1n) is 8.47. The van der Waals surface area contributed by atoms with E-state index in [0.29, 0.717) is 26.2 Å². The molecule has 140 valence electrons. The molecule has 2 saturated heterocycles. The van der Waals surface area contributed by atoms with E-state index >= 15 is 0 Å². The molecular weight excluding hydrogens is 326 g/mol. The van der Waals surface area contributed by atoms with Crippen LogP contribution in [0.2, 0.25) is 0 Å². The number of urea groups is 1. The maximum Gasteiger partial charge on any atom is 0.325 e. The van der Waals surface area contributed by atoms with Gasteiger partial charge < -0.3 is 19.7 Å². The molecule has 0 aromatic heterocycles. The molecule has 2 rings (SSSR count). The molecule has 2 aliphatic heterocycles. The van der Waals surface area contributed by atoms with Crippen LogP contribution in [-0.2, 0) is 19.1 Å². The lowest BCUT2D eigenvalue weighted by Crippen LogP contribution is -2.55. The molecule has 0 spiro atoms. The summed E-state index contributed by atoms with van der Waals surface area (Å²) in [4.78, 5) is 37.2. The van der Waals surface area contributed by atoms with Gasteiger partial charge in [0.1, 0.15) is 12.1 Å². The van der Waals surface area contributed by atoms with Crippen LogP contribution >= 0.6 is 0 Å². The monoisotopic (exact) mass is 353 g/mol. The van der Waals surface area contributed by atoms with Crippen molar-refractivity contribution in [3.63, 3.8) is 0 Å². The molecule has 25 heavy (non-hydrogen) atoms. The van der Waals surface area contributed by atoms with Crippen molar-refractivity contribution in [1.82, 2.24) is 15.5 Å². The Hall–Kier alpha value is -1.93. The van der Waals surface area contributed by atoms with Gasteiger partial charge in [-0.2, -0.15) is 0 Å². The van der Waals surface area contributed by atoms with Crippen molar-refractivity contribution in [1.29, 1.82) is 0 Å². The Morgan fingerprint density at radius 3 is 2.76 bits per heavy atom. The zero-order valence-electron chi connectivity index (χ0n) is 15.3. The minimum Gasteiger partial charge on any atom is -0.379 e. The molecule has 0 aliphatic carbocycles. The lowest BCUT2D eigenvalue weighted by Gasteiger charge is -2.33. The van der Waals surface area contributed by atoms with E-state index in [4.69, 9.17) is 9.47 Å². The van der Waals surface area contributed by atoms with Crippen molar-refractivity contribution in [2.45, 2.75) is 51.8 Å². The summed E-state index contributed by atoms with van der Waals surface area (Å²) in [5.41, 5.74) is 0.121. The SMILES string of the molecule is CC(C)=CCO[C@H]1CCOC[C@H]1NC(=O)CN1C(=O)NC(=O)C1(C)C. The van der Waals surface area contributed by atoms with Crippen LogP contribution in [0.4, 0.5) is 4.79 Å². The first-order valence-corrected chi connectivity index (χ1v) is 8.47. The third-order valence-electron chi connectivity index (χ3n) is 4.44. The Morgan fingerprint density at radius 1 is 1.44 bits per heavy atom. The first kappa shape index (κ1) is 19.4. The number of hydrogen-bond donors (Lipinski definition) is 2. The maximum atomic E-state index is 12.4. The molecule has 8 nitrogen and oxygen atoms in total. The fourth-order valence-electron chi connectivity index (χ4n) is 2.75. The van der Waals surface area contributed by atoms with Gasteiger partial charge in [-0.05, 0) is 34.1 Å². The summed E-state index contributed by atoms with van der Waals surface area (Å²) in [6.07, 6.45) is 2.53. The summed E-state index contributed by atoms with van der Waals surface area (Å²) in [6.45, 7) is 8.44. The summed E-state index contributed by atoms with van der Waals surface area (Å²) in [5.74, 6) is -0.751. The van der Waals surface area contributed by atoms with Gasteiger partial charge in [-0.3, -0.25) is 14.9 Å². The summed E-state index contributed by atoms with van der Waals surface area (Å²) in [6, 6.07) is -0.835. The van der Waals surface area contributed by atoms with Gasteiger partial charge >= 0.3 is 6.03 Å². The number of ether oxygens (including phenoxy) is 2. The van der Waals surface area contributed by atoms with E-state index in [2.05, 4.69) is 10.6 Å². The van der Waals surface area contributed by atoms with Gasteiger partial charge in [-0.1, -0.05) is 11.6 Å². The predicted octanol–water partition coefficient (Wildman–Crippen LogP) is 0.573. The van der Waals surface area contributed by atoms with Gasteiger partial charge in [-0.15, -0.1) is 0 Å². The molecule has 2 fully saturated rings. The number of nitrogens with one attached hydrogen (secondary N) is 2. The van der Waals surface area contributed by atoms with Gasteiger partial charge in [0.25, 0.3) is 5.91 Å². The summed E-state index contributed by atoms with van der Waals surface area (Å²) in [7, 11) is 0.